The highest BCUT2D eigenvalue weighted by atomic mass is 16.4. The first-order chi connectivity index (χ1) is 8.04. The fourth-order valence-corrected chi connectivity index (χ4v) is 1.35. The molecule has 0 saturated carbocycles. The van der Waals surface area contributed by atoms with Crippen molar-refractivity contribution >= 4 is 5.97 Å². The summed E-state index contributed by atoms with van der Waals surface area (Å²) in [5, 5.41) is 20.3. The van der Waals surface area contributed by atoms with Gasteiger partial charge in [-0.3, -0.25) is 0 Å². The second-order valence-electron chi connectivity index (χ2n) is 3.68. The van der Waals surface area contributed by atoms with Crippen LogP contribution in [0.5, 0.6) is 0 Å². The van der Waals surface area contributed by atoms with Gasteiger partial charge in [0.2, 0.25) is 5.70 Å². The molecule has 1 aromatic rings. The zero-order chi connectivity index (χ0) is 12.8. The zero-order valence-corrected chi connectivity index (χ0v) is 9.38. The third kappa shape index (κ3) is 3.71. The maximum Gasteiger partial charge on any atom is 0.361 e. The summed E-state index contributed by atoms with van der Waals surface area (Å²) in [4.78, 5) is 20.7. The topological polar surface area (TPSA) is 87.0 Å². The Hall–Kier alpha value is -2.17. The summed E-state index contributed by atoms with van der Waals surface area (Å²) in [6.07, 6.45) is 0.537. The van der Waals surface area contributed by atoms with Crippen molar-refractivity contribution in [2.45, 2.75) is 19.8 Å². The van der Waals surface area contributed by atoms with Crippen molar-refractivity contribution in [3.63, 3.8) is 0 Å². The second-order valence-corrected chi connectivity index (χ2v) is 3.68. The van der Waals surface area contributed by atoms with Crippen LogP contribution in [0.1, 0.15) is 17.5 Å². The van der Waals surface area contributed by atoms with E-state index in [9.17, 15) is 14.8 Å². The molecule has 0 aromatic heterocycles. The molecule has 0 heterocycles. The Morgan fingerprint density at radius 3 is 2.29 bits per heavy atom. The van der Waals surface area contributed by atoms with Crippen molar-refractivity contribution in [3.8, 4) is 0 Å². The van der Waals surface area contributed by atoms with Crippen molar-refractivity contribution in [1.29, 1.82) is 0 Å². The first-order valence-corrected chi connectivity index (χ1v) is 5.09. The highest BCUT2D eigenvalue weighted by Crippen LogP contribution is 2.12. The molecule has 0 spiro atoms. The summed E-state index contributed by atoms with van der Waals surface area (Å²) in [7, 11) is 0. The Morgan fingerprint density at radius 1 is 1.24 bits per heavy atom. The molecule has 1 rings (SSSR count). The van der Waals surface area contributed by atoms with Gasteiger partial charge in [0.15, 0.2) is 0 Å². The SMILES string of the molecule is Cc1ccc(CCC(O)=C(N=O)C(=O)O)cc1. The number of hydrogen-bond donors (Lipinski definition) is 2. The minimum Gasteiger partial charge on any atom is -0.510 e. The molecule has 5 nitrogen and oxygen atoms in total. The summed E-state index contributed by atoms with van der Waals surface area (Å²) in [5.41, 5.74) is 1.25. The molecule has 0 amide bonds. The van der Waals surface area contributed by atoms with E-state index < -0.39 is 17.4 Å². The molecule has 0 unspecified atom stereocenters. The van der Waals surface area contributed by atoms with Crippen LogP contribution in [0.3, 0.4) is 0 Å². The summed E-state index contributed by atoms with van der Waals surface area (Å²) in [6.45, 7) is 1.96. The van der Waals surface area contributed by atoms with Crippen LogP contribution >= 0.6 is 0 Å². The lowest BCUT2D eigenvalue weighted by molar-refractivity contribution is -0.132. The predicted octanol–water partition coefficient (Wildman–Crippen LogP) is 2.55. The summed E-state index contributed by atoms with van der Waals surface area (Å²) in [5.74, 6) is -2.01. The van der Waals surface area contributed by atoms with Crippen LogP contribution in [-0.2, 0) is 11.2 Å². The van der Waals surface area contributed by atoms with Crippen LogP contribution in [0.25, 0.3) is 0 Å². The van der Waals surface area contributed by atoms with Crippen LogP contribution in [0.15, 0.2) is 40.9 Å². The van der Waals surface area contributed by atoms with Crippen molar-refractivity contribution in [2.75, 3.05) is 0 Å². The van der Waals surface area contributed by atoms with Crippen molar-refractivity contribution in [2.24, 2.45) is 5.18 Å². The van der Waals surface area contributed by atoms with Crippen molar-refractivity contribution in [3.05, 3.63) is 51.8 Å². The Morgan fingerprint density at radius 2 is 1.82 bits per heavy atom. The van der Waals surface area contributed by atoms with Crippen LogP contribution in [0.4, 0.5) is 0 Å². The average Bonchev–Trinajstić information content (AvgIpc) is 2.28. The number of rotatable bonds is 5. The molecule has 0 aliphatic heterocycles. The molecule has 17 heavy (non-hydrogen) atoms. The van der Waals surface area contributed by atoms with Crippen LogP contribution in [0.2, 0.25) is 0 Å². The molecule has 0 fully saturated rings. The first-order valence-electron chi connectivity index (χ1n) is 5.09. The van der Waals surface area contributed by atoms with Gasteiger partial charge in [0.1, 0.15) is 5.76 Å². The molecule has 0 aliphatic rings. The largest absolute Gasteiger partial charge is 0.510 e. The van der Waals surface area contributed by atoms with Gasteiger partial charge in [-0.2, -0.15) is 0 Å². The van der Waals surface area contributed by atoms with Crippen molar-refractivity contribution < 1.29 is 15.0 Å². The van der Waals surface area contributed by atoms with Crippen LogP contribution < -0.4 is 0 Å². The third-order valence-electron chi connectivity index (χ3n) is 2.34. The lowest BCUT2D eigenvalue weighted by atomic mass is 10.1. The van der Waals surface area contributed by atoms with Gasteiger partial charge in [-0.25, -0.2) is 4.79 Å². The second kappa shape index (κ2) is 5.79. The quantitative estimate of drug-likeness (QED) is 0.466. The highest BCUT2D eigenvalue weighted by molar-refractivity contribution is 5.86. The van der Waals surface area contributed by atoms with E-state index in [4.69, 9.17) is 5.11 Å². The third-order valence-corrected chi connectivity index (χ3v) is 2.34. The molecule has 5 heteroatoms. The molecule has 0 saturated heterocycles. The number of aliphatic hydroxyl groups is 1. The average molecular weight is 235 g/mol. The zero-order valence-electron chi connectivity index (χ0n) is 9.38. The minimum absolute atomic E-state index is 0.0798. The Labute approximate surface area is 98.4 Å². The first kappa shape index (κ1) is 12.9. The molecule has 0 radical (unpaired) electrons. The number of aryl methyl sites for hydroxylation is 2. The number of carboxylic acid groups (broad SMARTS) is 1. The van der Waals surface area contributed by atoms with E-state index in [1.54, 1.807) is 0 Å². The van der Waals surface area contributed by atoms with Gasteiger partial charge >= 0.3 is 5.97 Å². The molecule has 1 aromatic carbocycles. The van der Waals surface area contributed by atoms with Crippen molar-refractivity contribution in [1.82, 2.24) is 0 Å². The summed E-state index contributed by atoms with van der Waals surface area (Å²) in [6, 6.07) is 7.62. The predicted molar refractivity (Wildman–Crippen MR) is 62.6 cm³/mol. The summed E-state index contributed by atoms with van der Waals surface area (Å²) >= 11 is 0. The molecule has 0 aliphatic carbocycles. The van der Waals surface area contributed by atoms with E-state index in [2.05, 4.69) is 5.18 Å². The Balaban J connectivity index is 2.70. The maximum atomic E-state index is 10.5. The van der Waals surface area contributed by atoms with E-state index in [0.29, 0.717) is 6.42 Å². The lowest BCUT2D eigenvalue weighted by Crippen LogP contribution is -2.03. The summed E-state index contributed by atoms with van der Waals surface area (Å²) < 4.78 is 0. The standard InChI is InChI=1S/C12H13NO4/c1-8-2-4-9(5-3-8)6-7-10(14)11(13-17)12(15)16/h2-5,14H,6-7H2,1H3,(H,15,16). The monoisotopic (exact) mass is 235 g/mol. The highest BCUT2D eigenvalue weighted by Gasteiger charge is 2.14. The van der Waals surface area contributed by atoms with Gasteiger partial charge in [-0.15, -0.1) is 4.91 Å². The number of carboxylic acids is 1. The van der Waals surface area contributed by atoms with Gasteiger partial charge in [-0.05, 0) is 24.1 Å². The lowest BCUT2D eigenvalue weighted by Gasteiger charge is -2.02. The number of nitroso groups, excluding NO2 is 1. The maximum absolute atomic E-state index is 10.5. The van der Waals surface area contributed by atoms with Gasteiger partial charge in [-0.1, -0.05) is 29.8 Å². The van der Waals surface area contributed by atoms with Crippen LogP contribution in [-0.4, -0.2) is 16.2 Å². The van der Waals surface area contributed by atoms with E-state index in [0.717, 1.165) is 11.1 Å². The van der Waals surface area contributed by atoms with E-state index in [1.165, 1.54) is 0 Å². The van der Waals surface area contributed by atoms with Gasteiger partial charge < -0.3 is 10.2 Å². The normalized spacial score (nSPS) is 11.8. The van der Waals surface area contributed by atoms with E-state index in [1.807, 2.05) is 31.2 Å². The van der Waals surface area contributed by atoms with Gasteiger partial charge in [0, 0.05) is 6.42 Å². The number of aliphatic hydroxyl groups excluding tert-OH is 1. The minimum atomic E-state index is -1.51. The molecular formula is C12H13NO4. The van der Waals surface area contributed by atoms with E-state index in [-0.39, 0.29) is 6.42 Å². The molecular weight excluding hydrogens is 222 g/mol. The number of carbonyl (C=O) groups is 1. The smallest absolute Gasteiger partial charge is 0.361 e. The fourth-order valence-electron chi connectivity index (χ4n) is 1.35. The van der Waals surface area contributed by atoms with Crippen LogP contribution in [0, 0.1) is 11.8 Å². The Kier molecular flexibility index (Phi) is 4.39. The number of nitrogens with zero attached hydrogens (tertiary/aromatic N) is 1. The molecule has 0 bridgehead atoms. The number of aliphatic carboxylic acids is 1. The number of hydrogen-bond acceptors (Lipinski definition) is 4. The fraction of sp³-hybridized carbons (Fsp3) is 0.250. The van der Waals surface area contributed by atoms with Gasteiger partial charge in [0.25, 0.3) is 0 Å². The van der Waals surface area contributed by atoms with Gasteiger partial charge in [0.05, 0.1) is 0 Å². The molecule has 90 valence electrons. The molecule has 2 N–H and O–H groups in total. The Bertz CT molecular complexity index is 448. The van der Waals surface area contributed by atoms with E-state index >= 15 is 0 Å². The molecule has 0 atom stereocenters. The number of allylic oxidation sites excluding steroid dienone is 1. The number of benzene rings is 1.